The Morgan fingerprint density at radius 2 is 1.61 bits per heavy atom. The standard InChI is InChI=1S/C25H48N6O.HI/c1-4-26-25(27-18-23-10-9-11-29(20-23)19-22(2)3)31-16-14-28(15-17-31)21-24(32)30-12-7-5-6-8-13-30;/h22-23H,4-21H2,1-3H3,(H,26,27);1H. The molecule has 3 saturated heterocycles. The van der Waals surface area contributed by atoms with Gasteiger partial charge in [-0.05, 0) is 51.0 Å². The Kier molecular flexibility index (Phi) is 13.4. The van der Waals surface area contributed by atoms with Crippen molar-refractivity contribution in [2.75, 3.05) is 78.5 Å². The smallest absolute Gasteiger partial charge is 0.236 e. The minimum atomic E-state index is 0. The molecule has 0 aliphatic carbocycles. The first-order chi connectivity index (χ1) is 15.5. The summed E-state index contributed by atoms with van der Waals surface area (Å²) in [7, 11) is 0. The van der Waals surface area contributed by atoms with Gasteiger partial charge in [0.2, 0.25) is 5.91 Å². The maximum Gasteiger partial charge on any atom is 0.236 e. The third kappa shape index (κ3) is 9.88. The van der Waals surface area contributed by atoms with Crippen molar-refractivity contribution in [1.82, 2.24) is 24.9 Å². The summed E-state index contributed by atoms with van der Waals surface area (Å²) in [4.78, 5) is 27.2. The van der Waals surface area contributed by atoms with Gasteiger partial charge in [0.15, 0.2) is 5.96 Å². The minimum Gasteiger partial charge on any atom is -0.357 e. The Hall–Kier alpha value is -0.610. The first-order valence-electron chi connectivity index (χ1n) is 13.3. The lowest BCUT2D eigenvalue weighted by Crippen LogP contribution is -2.54. The van der Waals surface area contributed by atoms with Crippen LogP contribution in [0.3, 0.4) is 0 Å². The Balaban J connectivity index is 0.00000385. The molecule has 1 unspecified atom stereocenters. The van der Waals surface area contributed by atoms with Crippen LogP contribution in [0, 0.1) is 11.8 Å². The molecule has 0 saturated carbocycles. The maximum absolute atomic E-state index is 12.7. The summed E-state index contributed by atoms with van der Waals surface area (Å²) in [6.45, 7) is 18.5. The highest BCUT2D eigenvalue weighted by Crippen LogP contribution is 2.18. The van der Waals surface area contributed by atoms with Gasteiger partial charge in [-0.1, -0.05) is 26.7 Å². The van der Waals surface area contributed by atoms with Gasteiger partial charge < -0.3 is 20.0 Å². The molecule has 0 aromatic heterocycles. The molecule has 3 rings (SSSR count). The zero-order chi connectivity index (χ0) is 22.8. The van der Waals surface area contributed by atoms with Crippen LogP contribution < -0.4 is 5.32 Å². The number of piperidine rings is 1. The average molecular weight is 577 g/mol. The third-order valence-electron chi connectivity index (χ3n) is 7.05. The van der Waals surface area contributed by atoms with Crippen LogP contribution in [0.5, 0.6) is 0 Å². The molecule has 0 bridgehead atoms. The van der Waals surface area contributed by atoms with Crippen LogP contribution >= 0.6 is 24.0 Å². The second kappa shape index (κ2) is 15.4. The monoisotopic (exact) mass is 576 g/mol. The van der Waals surface area contributed by atoms with Crippen LogP contribution in [0.1, 0.15) is 59.3 Å². The number of likely N-dealkylation sites (tertiary alicyclic amines) is 2. The molecule has 3 aliphatic heterocycles. The van der Waals surface area contributed by atoms with Gasteiger partial charge in [-0.15, -0.1) is 24.0 Å². The largest absolute Gasteiger partial charge is 0.357 e. The molecule has 1 atom stereocenters. The number of hydrogen-bond donors (Lipinski definition) is 1. The van der Waals surface area contributed by atoms with Crippen LogP contribution in [-0.2, 0) is 4.79 Å². The molecule has 8 heteroatoms. The fraction of sp³-hybridized carbons (Fsp3) is 0.920. The Morgan fingerprint density at radius 1 is 0.909 bits per heavy atom. The number of halogens is 1. The fourth-order valence-corrected chi connectivity index (χ4v) is 5.35. The molecule has 0 radical (unpaired) electrons. The fourth-order valence-electron chi connectivity index (χ4n) is 5.35. The van der Waals surface area contributed by atoms with E-state index in [1.165, 1.54) is 45.3 Å². The van der Waals surface area contributed by atoms with Gasteiger partial charge in [-0.3, -0.25) is 14.7 Å². The summed E-state index contributed by atoms with van der Waals surface area (Å²) in [5.41, 5.74) is 0. The quantitative estimate of drug-likeness (QED) is 0.287. The second-order valence-electron chi connectivity index (χ2n) is 10.4. The van der Waals surface area contributed by atoms with Crippen molar-refractivity contribution in [2.45, 2.75) is 59.3 Å². The highest BCUT2D eigenvalue weighted by atomic mass is 127. The van der Waals surface area contributed by atoms with E-state index in [1.54, 1.807) is 0 Å². The van der Waals surface area contributed by atoms with Crippen molar-refractivity contribution in [3.8, 4) is 0 Å². The molecule has 3 aliphatic rings. The van der Waals surface area contributed by atoms with Crippen molar-refractivity contribution in [3.05, 3.63) is 0 Å². The first kappa shape index (κ1) is 28.6. The normalized spacial score (nSPS) is 23.9. The topological polar surface area (TPSA) is 54.4 Å². The molecule has 1 amide bonds. The molecule has 192 valence electrons. The third-order valence-corrected chi connectivity index (χ3v) is 7.05. The Labute approximate surface area is 219 Å². The predicted molar refractivity (Wildman–Crippen MR) is 148 cm³/mol. The average Bonchev–Trinajstić information content (AvgIpc) is 3.07. The number of carbonyl (C=O) groups excluding carboxylic acids is 1. The number of nitrogens with one attached hydrogen (secondary N) is 1. The maximum atomic E-state index is 12.7. The number of amides is 1. The summed E-state index contributed by atoms with van der Waals surface area (Å²) in [6, 6.07) is 0. The number of carbonyl (C=O) groups is 1. The van der Waals surface area contributed by atoms with E-state index in [0.717, 1.165) is 77.1 Å². The van der Waals surface area contributed by atoms with Gasteiger partial charge in [0.25, 0.3) is 0 Å². The summed E-state index contributed by atoms with van der Waals surface area (Å²) in [6.07, 6.45) is 7.46. The number of piperazine rings is 1. The summed E-state index contributed by atoms with van der Waals surface area (Å²) in [5.74, 6) is 2.79. The number of rotatable bonds is 7. The number of hydrogen-bond acceptors (Lipinski definition) is 4. The first-order valence-corrected chi connectivity index (χ1v) is 13.3. The highest BCUT2D eigenvalue weighted by molar-refractivity contribution is 14.0. The lowest BCUT2D eigenvalue weighted by Gasteiger charge is -2.37. The van der Waals surface area contributed by atoms with Gasteiger partial charge in [0, 0.05) is 65.4 Å². The molecule has 3 heterocycles. The number of guanidine groups is 1. The van der Waals surface area contributed by atoms with E-state index in [9.17, 15) is 4.79 Å². The number of nitrogens with zero attached hydrogens (tertiary/aromatic N) is 5. The van der Waals surface area contributed by atoms with Crippen molar-refractivity contribution >= 4 is 35.8 Å². The van der Waals surface area contributed by atoms with E-state index < -0.39 is 0 Å². The van der Waals surface area contributed by atoms with Gasteiger partial charge in [0.1, 0.15) is 0 Å². The molecule has 1 N–H and O–H groups in total. The Bertz CT molecular complexity index is 585. The molecule has 0 aromatic rings. The van der Waals surface area contributed by atoms with Crippen LogP contribution in [-0.4, -0.2) is 110 Å². The molecule has 3 fully saturated rings. The summed E-state index contributed by atoms with van der Waals surface area (Å²) < 4.78 is 0. The molecular weight excluding hydrogens is 527 g/mol. The zero-order valence-corrected chi connectivity index (χ0v) is 23.8. The lowest BCUT2D eigenvalue weighted by atomic mass is 9.97. The predicted octanol–water partition coefficient (Wildman–Crippen LogP) is 2.96. The molecule has 7 nitrogen and oxygen atoms in total. The Morgan fingerprint density at radius 3 is 2.24 bits per heavy atom. The molecular formula is C25H49IN6O. The van der Waals surface area contributed by atoms with E-state index in [-0.39, 0.29) is 24.0 Å². The highest BCUT2D eigenvalue weighted by Gasteiger charge is 2.25. The molecule has 0 spiro atoms. The van der Waals surface area contributed by atoms with Crippen LogP contribution in [0.2, 0.25) is 0 Å². The second-order valence-corrected chi connectivity index (χ2v) is 10.4. The van der Waals surface area contributed by atoms with E-state index >= 15 is 0 Å². The SMILES string of the molecule is CCNC(=NCC1CCCN(CC(C)C)C1)N1CCN(CC(=O)N2CCCCCC2)CC1.I. The van der Waals surface area contributed by atoms with Crippen molar-refractivity contribution < 1.29 is 4.79 Å². The van der Waals surface area contributed by atoms with Crippen molar-refractivity contribution in [2.24, 2.45) is 16.8 Å². The summed E-state index contributed by atoms with van der Waals surface area (Å²) >= 11 is 0. The van der Waals surface area contributed by atoms with E-state index in [0.29, 0.717) is 18.4 Å². The van der Waals surface area contributed by atoms with Gasteiger partial charge in [-0.25, -0.2) is 0 Å². The summed E-state index contributed by atoms with van der Waals surface area (Å²) in [5, 5.41) is 3.52. The van der Waals surface area contributed by atoms with Gasteiger partial charge in [-0.2, -0.15) is 0 Å². The van der Waals surface area contributed by atoms with Crippen molar-refractivity contribution in [3.63, 3.8) is 0 Å². The molecule has 0 aromatic carbocycles. The zero-order valence-electron chi connectivity index (χ0n) is 21.4. The van der Waals surface area contributed by atoms with Crippen LogP contribution in [0.4, 0.5) is 0 Å². The van der Waals surface area contributed by atoms with Crippen LogP contribution in [0.15, 0.2) is 4.99 Å². The van der Waals surface area contributed by atoms with Gasteiger partial charge in [0.05, 0.1) is 6.54 Å². The van der Waals surface area contributed by atoms with Crippen LogP contribution in [0.25, 0.3) is 0 Å². The van der Waals surface area contributed by atoms with E-state index in [1.807, 2.05) is 0 Å². The lowest BCUT2D eigenvalue weighted by molar-refractivity contribution is -0.132. The van der Waals surface area contributed by atoms with Crippen molar-refractivity contribution in [1.29, 1.82) is 0 Å². The minimum absolute atomic E-state index is 0. The number of aliphatic imine (C=N–C) groups is 1. The van der Waals surface area contributed by atoms with E-state index in [4.69, 9.17) is 4.99 Å². The molecule has 33 heavy (non-hydrogen) atoms. The van der Waals surface area contributed by atoms with Gasteiger partial charge >= 0.3 is 0 Å². The van der Waals surface area contributed by atoms with E-state index in [2.05, 4.69) is 45.7 Å².